The highest BCUT2D eigenvalue weighted by molar-refractivity contribution is 6.09. The normalized spacial score (nSPS) is 9.91. The van der Waals surface area contributed by atoms with Crippen LogP contribution >= 0.6 is 0 Å². The fourth-order valence-electron chi connectivity index (χ4n) is 2.79. The van der Waals surface area contributed by atoms with Crippen molar-refractivity contribution in [3.63, 3.8) is 0 Å². The summed E-state index contributed by atoms with van der Waals surface area (Å²) >= 11 is 0. The van der Waals surface area contributed by atoms with Crippen molar-refractivity contribution >= 4 is 23.8 Å². The first-order chi connectivity index (χ1) is 15.3. The minimum atomic E-state index is -0.740. The molecule has 8 heteroatoms. The van der Waals surface area contributed by atoms with E-state index in [1.54, 1.807) is 60.7 Å². The summed E-state index contributed by atoms with van der Waals surface area (Å²) in [5.74, 6) is 3.03. The Balaban J connectivity index is 0.000000333. The van der Waals surface area contributed by atoms with E-state index >= 15 is 0 Å². The zero-order valence-electron chi connectivity index (χ0n) is 18.0. The number of rotatable bonds is 11. The zero-order valence-corrected chi connectivity index (χ0v) is 18.0. The van der Waals surface area contributed by atoms with Crippen LogP contribution in [-0.4, -0.2) is 39.0 Å². The maximum Gasteiger partial charge on any atom is 0.303 e. The van der Waals surface area contributed by atoms with E-state index in [1.807, 2.05) is 0 Å². The number of hydrogen-bond acceptors (Lipinski definition) is 5. The third-order valence-electron chi connectivity index (χ3n) is 4.51. The molecule has 0 radical (unpaired) electrons. The second-order valence-electron chi connectivity index (χ2n) is 7.12. The van der Waals surface area contributed by atoms with Crippen LogP contribution in [0, 0.1) is 0 Å². The van der Waals surface area contributed by atoms with Gasteiger partial charge in [-0.1, -0.05) is 62.1 Å². The molecular weight excluding hydrogens is 412 g/mol. The molecular formula is C24H30N2O6. The number of carboxylic acid groups (broad SMARTS) is 2. The van der Waals surface area contributed by atoms with Crippen molar-refractivity contribution in [2.24, 2.45) is 5.84 Å². The highest BCUT2D eigenvalue weighted by Crippen LogP contribution is 2.09. The van der Waals surface area contributed by atoms with E-state index < -0.39 is 23.8 Å². The van der Waals surface area contributed by atoms with Gasteiger partial charge < -0.3 is 10.2 Å². The van der Waals surface area contributed by atoms with Gasteiger partial charge >= 0.3 is 11.9 Å². The highest BCUT2D eigenvalue weighted by Gasteiger charge is 2.20. The van der Waals surface area contributed by atoms with E-state index in [2.05, 4.69) is 0 Å². The van der Waals surface area contributed by atoms with Crippen LogP contribution in [0.2, 0.25) is 0 Å². The summed E-state index contributed by atoms with van der Waals surface area (Å²) in [6.07, 6.45) is 5.82. The van der Waals surface area contributed by atoms with Gasteiger partial charge in [-0.05, 0) is 37.1 Å². The Bertz CT molecular complexity index is 784. The lowest BCUT2D eigenvalue weighted by Crippen LogP contribution is -2.42. The first-order valence-electron chi connectivity index (χ1n) is 10.5. The van der Waals surface area contributed by atoms with Gasteiger partial charge in [-0.2, -0.15) is 0 Å². The summed E-state index contributed by atoms with van der Waals surface area (Å²) in [5, 5.41) is 17.3. The van der Waals surface area contributed by atoms with Crippen molar-refractivity contribution in [3.8, 4) is 0 Å². The van der Waals surface area contributed by atoms with Crippen LogP contribution in [0.5, 0.6) is 0 Å². The van der Waals surface area contributed by atoms with Crippen molar-refractivity contribution in [3.05, 3.63) is 71.8 Å². The molecule has 0 fully saturated rings. The summed E-state index contributed by atoms with van der Waals surface area (Å²) in [5.41, 5.74) is 0.758. The molecule has 0 aliphatic rings. The molecule has 0 saturated heterocycles. The Labute approximate surface area is 187 Å². The fraction of sp³-hybridized carbons (Fsp3) is 0.333. The number of nitrogens with zero attached hydrogens (tertiary/aromatic N) is 1. The van der Waals surface area contributed by atoms with Gasteiger partial charge in [0.2, 0.25) is 0 Å². The first kappa shape index (κ1) is 26.5. The molecule has 2 rings (SSSR count). The quantitative estimate of drug-likeness (QED) is 0.156. The van der Waals surface area contributed by atoms with Gasteiger partial charge in [0, 0.05) is 24.0 Å². The third kappa shape index (κ3) is 11.0. The minimum Gasteiger partial charge on any atom is -0.481 e. The molecule has 2 amide bonds. The van der Waals surface area contributed by atoms with E-state index in [9.17, 15) is 19.2 Å². The van der Waals surface area contributed by atoms with Crippen molar-refractivity contribution in [1.29, 1.82) is 0 Å². The van der Waals surface area contributed by atoms with Crippen LogP contribution in [0.1, 0.15) is 72.1 Å². The second-order valence-corrected chi connectivity index (χ2v) is 7.12. The van der Waals surface area contributed by atoms with E-state index in [4.69, 9.17) is 16.1 Å². The van der Waals surface area contributed by atoms with Crippen LogP contribution in [0.4, 0.5) is 0 Å². The second kappa shape index (κ2) is 15.3. The smallest absolute Gasteiger partial charge is 0.303 e. The van der Waals surface area contributed by atoms with E-state index in [0.717, 1.165) is 38.5 Å². The molecule has 0 atom stereocenters. The van der Waals surface area contributed by atoms with E-state index in [1.165, 1.54) is 0 Å². The average molecular weight is 443 g/mol. The van der Waals surface area contributed by atoms with Crippen molar-refractivity contribution in [2.75, 3.05) is 0 Å². The molecule has 0 heterocycles. The molecule has 0 aliphatic heterocycles. The molecule has 2 aromatic carbocycles. The Kier molecular flexibility index (Phi) is 12.7. The Morgan fingerprint density at radius 3 is 1.22 bits per heavy atom. The molecule has 8 nitrogen and oxygen atoms in total. The summed E-state index contributed by atoms with van der Waals surface area (Å²) in [6.45, 7) is 0. The Morgan fingerprint density at radius 2 is 0.906 bits per heavy atom. The third-order valence-corrected chi connectivity index (χ3v) is 4.51. The van der Waals surface area contributed by atoms with Crippen molar-refractivity contribution < 1.29 is 29.4 Å². The molecule has 0 bridgehead atoms. The summed E-state index contributed by atoms with van der Waals surface area (Å²) < 4.78 is 0. The predicted molar refractivity (Wildman–Crippen MR) is 120 cm³/mol. The number of hydrazine groups is 1. The van der Waals surface area contributed by atoms with Gasteiger partial charge in [0.25, 0.3) is 11.8 Å². The van der Waals surface area contributed by atoms with Gasteiger partial charge in [0.05, 0.1) is 0 Å². The SMILES string of the molecule is NN(C(=O)c1ccccc1)C(=O)c1ccccc1.O=C(O)CCCCCCCCC(=O)O. The van der Waals surface area contributed by atoms with Crippen LogP contribution < -0.4 is 5.84 Å². The van der Waals surface area contributed by atoms with E-state index in [0.29, 0.717) is 16.1 Å². The van der Waals surface area contributed by atoms with Crippen molar-refractivity contribution in [1.82, 2.24) is 5.01 Å². The predicted octanol–water partition coefficient (Wildman–Crippen LogP) is 4.12. The number of aliphatic carboxylic acids is 2. The highest BCUT2D eigenvalue weighted by atomic mass is 16.4. The van der Waals surface area contributed by atoms with Gasteiger partial charge in [-0.25, -0.2) is 10.9 Å². The molecule has 0 saturated carbocycles. The van der Waals surface area contributed by atoms with Crippen molar-refractivity contribution in [2.45, 2.75) is 51.4 Å². The number of nitrogens with two attached hydrogens (primary N) is 1. The number of carbonyl (C=O) groups is 4. The van der Waals surface area contributed by atoms with Gasteiger partial charge in [0.15, 0.2) is 0 Å². The molecule has 32 heavy (non-hydrogen) atoms. The number of benzene rings is 2. The zero-order chi connectivity index (χ0) is 23.8. The lowest BCUT2D eigenvalue weighted by atomic mass is 10.1. The number of carbonyl (C=O) groups excluding carboxylic acids is 2. The van der Waals surface area contributed by atoms with Gasteiger partial charge in [0.1, 0.15) is 0 Å². The van der Waals surface area contributed by atoms with Gasteiger partial charge in [-0.3, -0.25) is 19.2 Å². The van der Waals surface area contributed by atoms with Crippen LogP contribution in [0.3, 0.4) is 0 Å². The number of amides is 2. The molecule has 4 N–H and O–H groups in total. The molecule has 172 valence electrons. The molecule has 2 aromatic rings. The fourth-order valence-corrected chi connectivity index (χ4v) is 2.79. The summed E-state index contributed by atoms with van der Waals surface area (Å²) in [7, 11) is 0. The van der Waals surface area contributed by atoms with Crippen LogP contribution in [-0.2, 0) is 9.59 Å². The Morgan fingerprint density at radius 1 is 0.594 bits per heavy atom. The van der Waals surface area contributed by atoms with Gasteiger partial charge in [-0.15, -0.1) is 0 Å². The molecule has 0 aromatic heterocycles. The average Bonchev–Trinajstić information content (AvgIpc) is 2.80. The summed E-state index contributed by atoms with van der Waals surface area (Å²) in [6, 6.07) is 16.9. The first-order valence-corrected chi connectivity index (χ1v) is 10.5. The number of carboxylic acids is 2. The largest absolute Gasteiger partial charge is 0.481 e. The van der Waals surface area contributed by atoms with E-state index in [-0.39, 0.29) is 12.8 Å². The number of imide groups is 1. The topological polar surface area (TPSA) is 138 Å². The standard InChI is InChI=1S/C14H12N2O2.C10H18O4/c15-16(13(17)11-7-3-1-4-8-11)14(18)12-9-5-2-6-10-12;11-9(12)7-5-3-1-2-4-6-8-10(13)14/h1-10H,15H2;1-8H2,(H,11,12)(H,13,14). The minimum absolute atomic E-state index is 0.245. The lowest BCUT2D eigenvalue weighted by Gasteiger charge is -2.14. The molecule has 0 spiro atoms. The monoisotopic (exact) mass is 442 g/mol. The lowest BCUT2D eigenvalue weighted by molar-refractivity contribution is -0.138. The van der Waals surface area contributed by atoms with Crippen LogP contribution in [0.25, 0.3) is 0 Å². The maximum atomic E-state index is 11.9. The summed E-state index contributed by atoms with van der Waals surface area (Å²) in [4.78, 5) is 44.2. The number of hydrogen-bond donors (Lipinski definition) is 3. The molecule has 0 aliphatic carbocycles. The molecule has 0 unspecified atom stereocenters. The maximum absolute atomic E-state index is 11.9. The van der Waals surface area contributed by atoms with Crippen LogP contribution in [0.15, 0.2) is 60.7 Å². The Hall–Kier alpha value is -3.52. The number of unbranched alkanes of at least 4 members (excludes halogenated alkanes) is 5.